The van der Waals surface area contributed by atoms with E-state index >= 15 is 0 Å². The number of benzene rings is 1. The van der Waals surface area contributed by atoms with Crippen LogP contribution in [0.5, 0.6) is 5.75 Å². The first-order chi connectivity index (χ1) is 13.0. The molecule has 0 radical (unpaired) electrons. The number of carbonyl (C=O) groups is 3. The van der Waals surface area contributed by atoms with Gasteiger partial charge in [-0.3, -0.25) is 24.3 Å². The molecule has 1 unspecified atom stereocenters. The minimum absolute atomic E-state index is 0.0700. The second kappa shape index (κ2) is 6.83. The molecule has 0 spiro atoms. The molecule has 138 valence electrons. The fourth-order valence-electron chi connectivity index (χ4n) is 3.47. The largest absolute Gasteiger partial charge is 0.484 e. The van der Waals surface area contributed by atoms with Gasteiger partial charge in [0.25, 0.3) is 17.7 Å². The van der Waals surface area contributed by atoms with Crippen LogP contribution in [0.4, 0.5) is 0 Å². The van der Waals surface area contributed by atoms with Crippen LogP contribution in [0.1, 0.15) is 32.8 Å². The third kappa shape index (κ3) is 3.16. The number of aromatic nitrogens is 1. The van der Waals surface area contributed by atoms with Crippen molar-refractivity contribution in [2.45, 2.75) is 19.4 Å². The molecule has 27 heavy (non-hydrogen) atoms. The Labute approximate surface area is 156 Å². The summed E-state index contributed by atoms with van der Waals surface area (Å²) in [5.74, 6) is -0.243. The van der Waals surface area contributed by atoms with Crippen LogP contribution in [0.2, 0.25) is 0 Å². The van der Waals surface area contributed by atoms with Crippen molar-refractivity contribution in [1.82, 2.24) is 14.8 Å². The molecule has 1 fully saturated rings. The average molecular weight is 365 g/mol. The number of fused-ring (bicyclic) bond motifs is 1. The minimum atomic E-state index is -0.384. The summed E-state index contributed by atoms with van der Waals surface area (Å²) in [6.07, 6.45) is 2.06. The highest BCUT2D eigenvalue weighted by Gasteiger charge is 2.43. The van der Waals surface area contributed by atoms with E-state index < -0.39 is 0 Å². The number of ether oxygens (including phenoxy) is 1. The number of likely N-dealkylation sites (tertiary alicyclic amines) is 1. The lowest BCUT2D eigenvalue weighted by Crippen LogP contribution is -2.43. The molecule has 0 bridgehead atoms. The van der Waals surface area contributed by atoms with Gasteiger partial charge in [-0.05, 0) is 37.6 Å². The second-order valence-corrected chi connectivity index (χ2v) is 6.76. The fourth-order valence-corrected chi connectivity index (χ4v) is 3.47. The normalized spacial score (nSPS) is 18.8. The van der Waals surface area contributed by atoms with Crippen LogP contribution in [0.3, 0.4) is 0 Å². The van der Waals surface area contributed by atoms with Gasteiger partial charge in [-0.2, -0.15) is 0 Å². The number of aryl methyl sites for hydroxylation is 1. The highest BCUT2D eigenvalue weighted by Crippen LogP contribution is 2.27. The van der Waals surface area contributed by atoms with E-state index in [-0.39, 0.29) is 36.1 Å². The van der Waals surface area contributed by atoms with Crippen molar-refractivity contribution >= 4 is 17.7 Å². The third-order valence-electron chi connectivity index (χ3n) is 4.94. The molecule has 1 aromatic heterocycles. The van der Waals surface area contributed by atoms with Crippen molar-refractivity contribution in [3.05, 3.63) is 59.4 Å². The van der Waals surface area contributed by atoms with Gasteiger partial charge >= 0.3 is 0 Å². The monoisotopic (exact) mass is 365 g/mol. The molecule has 1 atom stereocenters. The quantitative estimate of drug-likeness (QED) is 0.770. The van der Waals surface area contributed by atoms with E-state index in [1.54, 1.807) is 17.0 Å². The zero-order valence-corrected chi connectivity index (χ0v) is 14.9. The molecule has 0 aliphatic carbocycles. The van der Waals surface area contributed by atoms with Crippen LogP contribution in [-0.2, 0) is 4.79 Å². The first-order valence-electron chi connectivity index (χ1n) is 8.85. The van der Waals surface area contributed by atoms with Gasteiger partial charge in [-0.15, -0.1) is 0 Å². The molecule has 7 heteroatoms. The number of carbonyl (C=O) groups excluding carboxylic acids is 3. The first kappa shape index (κ1) is 17.2. The Balaban J connectivity index is 1.37. The number of pyridine rings is 1. The number of nitrogens with zero attached hydrogens (tertiary/aromatic N) is 3. The molecule has 2 aliphatic rings. The lowest BCUT2D eigenvalue weighted by molar-refractivity contribution is -0.132. The van der Waals surface area contributed by atoms with Gasteiger partial charge in [0, 0.05) is 19.3 Å². The molecule has 0 saturated carbocycles. The molecule has 3 heterocycles. The zero-order chi connectivity index (χ0) is 19.0. The maximum absolute atomic E-state index is 12.5. The highest BCUT2D eigenvalue weighted by atomic mass is 16.5. The summed E-state index contributed by atoms with van der Waals surface area (Å²) in [7, 11) is 0. The SMILES string of the molecule is Cc1ccc(OCC(=O)N2CCC(N3C(=O)c4cccnc4C3=O)C2)cc1. The predicted octanol–water partition coefficient (Wildman–Crippen LogP) is 1.67. The van der Waals surface area contributed by atoms with Gasteiger partial charge in [0.15, 0.2) is 6.61 Å². The van der Waals surface area contributed by atoms with E-state index in [4.69, 9.17) is 4.74 Å². The Bertz CT molecular complexity index is 875. The lowest BCUT2D eigenvalue weighted by atomic mass is 10.2. The summed E-state index contributed by atoms with van der Waals surface area (Å²) < 4.78 is 5.54. The molecular formula is C20H19N3O4. The number of imide groups is 1. The van der Waals surface area contributed by atoms with Crippen molar-refractivity contribution in [3.8, 4) is 5.75 Å². The topological polar surface area (TPSA) is 79.8 Å². The van der Waals surface area contributed by atoms with Gasteiger partial charge in [-0.25, -0.2) is 0 Å². The van der Waals surface area contributed by atoms with Crippen molar-refractivity contribution in [1.29, 1.82) is 0 Å². The van der Waals surface area contributed by atoms with E-state index in [1.165, 1.54) is 11.1 Å². The van der Waals surface area contributed by atoms with Gasteiger partial charge < -0.3 is 9.64 Å². The molecular weight excluding hydrogens is 346 g/mol. The minimum Gasteiger partial charge on any atom is -0.484 e. The van der Waals surface area contributed by atoms with E-state index in [2.05, 4.69) is 4.98 Å². The predicted molar refractivity (Wildman–Crippen MR) is 96.4 cm³/mol. The molecule has 3 amide bonds. The zero-order valence-electron chi connectivity index (χ0n) is 14.9. The number of hydrogen-bond donors (Lipinski definition) is 0. The van der Waals surface area contributed by atoms with Gasteiger partial charge in [0.05, 0.1) is 11.6 Å². The van der Waals surface area contributed by atoms with Crippen LogP contribution >= 0.6 is 0 Å². The van der Waals surface area contributed by atoms with Gasteiger partial charge in [-0.1, -0.05) is 17.7 Å². The third-order valence-corrected chi connectivity index (χ3v) is 4.94. The Morgan fingerprint density at radius 2 is 1.96 bits per heavy atom. The van der Waals surface area contributed by atoms with Crippen LogP contribution < -0.4 is 4.74 Å². The highest BCUT2D eigenvalue weighted by molar-refractivity contribution is 6.20. The standard InChI is InChI=1S/C20H19N3O4/c1-13-4-6-15(7-5-13)27-12-17(24)22-10-8-14(11-22)23-19(25)16-3-2-9-21-18(16)20(23)26/h2-7,9,14H,8,10-12H2,1H3. The van der Waals surface area contributed by atoms with Gasteiger partial charge in [0.2, 0.25) is 0 Å². The van der Waals surface area contributed by atoms with Crippen LogP contribution in [-0.4, -0.2) is 58.2 Å². The summed E-state index contributed by atoms with van der Waals surface area (Å²) >= 11 is 0. The molecule has 1 saturated heterocycles. The van der Waals surface area contributed by atoms with E-state index in [0.717, 1.165) is 5.56 Å². The second-order valence-electron chi connectivity index (χ2n) is 6.76. The summed E-state index contributed by atoms with van der Waals surface area (Å²) in [5.41, 5.74) is 1.64. The van der Waals surface area contributed by atoms with E-state index in [0.29, 0.717) is 30.8 Å². The van der Waals surface area contributed by atoms with Crippen molar-refractivity contribution in [3.63, 3.8) is 0 Å². The van der Waals surface area contributed by atoms with Crippen molar-refractivity contribution < 1.29 is 19.1 Å². The Hall–Kier alpha value is -3.22. The lowest BCUT2D eigenvalue weighted by Gasteiger charge is -2.22. The Kier molecular flexibility index (Phi) is 4.35. The summed E-state index contributed by atoms with van der Waals surface area (Å²) in [4.78, 5) is 44.4. The van der Waals surface area contributed by atoms with Crippen LogP contribution in [0.25, 0.3) is 0 Å². The molecule has 1 aromatic carbocycles. The van der Waals surface area contributed by atoms with Crippen LogP contribution in [0.15, 0.2) is 42.6 Å². The van der Waals surface area contributed by atoms with Crippen molar-refractivity contribution in [2.24, 2.45) is 0 Å². The summed E-state index contributed by atoms with van der Waals surface area (Å²) in [5, 5.41) is 0. The van der Waals surface area contributed by atoms with E-state index in [9.17, 15) is 14.4 Å². The molecule has 4 rings (SSSR count). The van der Waals surface area contributed by atoms with Crippen LogP contribution in [0, 0.1) is 6.92 Å². The average Bonchev–Trinajstić information content (AvgIpc) is 3.25. The van der Waals surface area contributed by atoms with Crippen molar-refractivity contribution in [2.75, 3.05) is 19.7 Å². The Morgan fingerprint density at radius 3 is 2.70 bits per heavy atom. The number of hydrogen-bond acceptors (Lipinski definition) is 5. The maximum Gasteiger partial charge on any atom is 0.280 e. The molecule has 2 aromatic rings. The maximum atomic E-state index is 12.5. The molecule has 7 nitrogen and oxygen atoms in total. The number of rotatable bonds is 4. The molecule has 2 aliphatic heterocycles. The summed E-state index contributed by atoms with van der Waals surface area (Å²) in [6, 6.07) is 10.4. The Morgan fingerprint density at radius 1 is 1.19 bits per heavy atom. The smallest absolute Gasteiger partial charge is 0.280 e. The summed E-state index contributed by atoms with van der Waals surface area (Å²) in [6.45, 7) is 2.72. The van der Waals surface area contributed by atoms with E-state index in [1.807, 2.05) is 31.2 Å². The fraction of sp³-hybridized carbons (Fsp3) is 0.300. The first-order valence-corrected chi connectivity index (χ1v) is 8.85. The van der Waals surface area contributed by atoms with Gasteiger partial charge in [0.1, 0.15) is 11.4 Å². The number of amides is 3. The molecule has 0 N–H and O–H groups in total.